The fourth-order valence-electron chi connectivity index (χ4n) is 4.81. The van der Waals surface area contributed by atoms with Crippen molar-refractivity contribution in [2.24, 2.45) is 0 Å². The molecular weight excluding hydrogens is 582 g/mol. The summed E-state index contributed by atoms with van der Waals surface area (Å²) in [5.41, 5.74) is 0. The summed E-state index contributed by atoms with van der Waals surface area (Å²) in [5.74, 6) is -1.51. The predicted molar refractivity (Wildman–Crippen MR) is 188 cm³/mol. The highest BCUT2D eigenvalue weighted by Crippen LogP contribution is 2.12. The van der Waals surface area contributed by atoms with Crippen LogP contribution in [-0.2, 0) is 28.6 Å². The Morgan fingerprint density at radius 1 is 0.674 bits per heavy atom. The minimum atomic E-state index is -0.883. The van der Waals surface area contributed by atoms with E-state index in [0.717, 1.165) is 64.2 Å². The number of esters is 2. The van der Waals surface area contributed by atoms with Gasteiger partial charge in [0.25, 0.3) is 0 Å². The van der Waals surface area contributed by atoms with E-state index in [1.807, 2.05) is 51.5 Å². The summed E-state index contributed by atoms with van der Waals surface area (Å²) in [6, 6.07) is -0.617. The topological polar surface area (TPSA) is 99.1 Å². The molecule has 0 aliphatic rings. The summed E-state index contributed by atoms with van der Waals surface area (Å²) in [6.45, 7) is 4.50. The SMILES string of the molecule is CC/C=C/C=C/C=C/C=C/CCCCCCCC(=O)OC(COCCC(C(=O)O)[N+](C)(C)C)COC(=O)CCCCCCCCC. The molecule has 0 saturated heterocycles. The number of carbonyl (C=O) groups is 3. The molecule has 2 unspecified atom stereocenters. The Bertz CT molecular complexity index is 901. The zero-order valence-corrected chi connectivity index (χ0v) is 29.8. The lowest BCUT2D eigenvalue weighted by atomic mass is 10.1. The molecule has 0 aromatic rings. The molecule has 264 valence electrons. The first-order valence-corrected chi connectivity index (χ1v) is 17.7. The maximum absolute atomic E-state index is 12.6. The molecule has 8 nitrogen and oxygen atoms in total. The quantitative estimate of drug-likeness (QED) is 0.0361. The summed E-state index contributed by atoms with van der Waals surface area (Å²) in [4.78, 5) is 36.6. The number of allylic oxidation sites excluding steroid dienone is 8. The van der Waals surface area contributed by atoms with Gasteiger partial charge in [0.2, 0.25) is 0 Å². The highest BCUT2D eigenvalue weighted by Gasteiger charge is 2.31. The van der Waals surface area contributed by atoms with Crippen molar-refractivity contribution in [1.29, 1.82) is 0 Å². The number of carboxylic acid groups (broad SMARTS) is 1. The minimum Gasteiger partial charge on any atom is -0.477 e. The van der Waals surface area contributed by atoms with Gasteiger partial charge in [0.15, 0.2) is 12.1 Å². The maximum Gasteiger partial charge on any atom is 0.362 e. The molecule has 0 aliphatic heterocycles. The van der Waals surface area contributed by atoms with Gasteiger partial charge in [-0.25, -0.2) is 4.79 Å². The fraction of sp³-hybridized carbons (Fsp3) is 0.711. The summed E-state index contributed by atoms with van der Waals surface area (Å²) in [5, 5.41) is 9.55. The third-order valence-corrected chi connectivity index (χ3v) is 7.59. The van der Waals surface area contributed by atoms with Crippen molar-refractivity contribution in [3.8, 4) is 0 Å². The summed E-state index contributed by atoms with van der Waals surface area (Å²) in [7, 11) is 5.49. The van der Waals surface area contributed by atoms with Crippen molar-refractivity contribution in [2.75, 3.05) is 41.0 Å². The first kappa shape index (κ1) is 43.3. The molecule has 0 fully saturated rings. The zero-order valence-electron chi connectivity index (χ0n) is 29.8. The monoisotopic (exact) mass is 648 g/mol. The van der Waals surface area contributed by atoms with Crippen molar-refractivity contribution in [2.45, 2.75) is 135 Å². The van der Waals surface area contributed by atoms with E-state index in [0.29, 0.717) is 19.3 Å². The van der Waals surface area contributed by atoms with Gasteiger partial charge in [0.05, 0.1) is 34.4 Å². The van der Waals surface area contributed by atoms with E-state index in [-0.39, 0.29) is 36.2 Å². The van der Waals surface area contributed by atoms with Crippen LogP contribution in [0.25, 0.3) is 0 Å². The smallest absolute Gasteiger partial charge is 0.362 e. The van der Waals surface area contributed by atoms with E-state index in [1.165, 1.54) is 25.7 Å². The molecule has 46 heavy (non-hydrogen) atoms. The number of unbranched alkanes of at least 4 members (excludes halogenated alkanes) is 11. The van der Waals surface area contributed by atoms with Crippen LogP contribution in [0, 0.1) is 0 Å². The van der Waals surface area contributed by atoms with Crippen LogP contribution < -0.4 is 0 Å². The van der Waals surface area contributed by atoms with Crippen molar-refractivity contribution in [1.82, 2.24) is 0 Å². The van der Waals surface area contributed by atoms with Crippen LogP contribution in [0.2, 0.25) is 0 Å². The molecule has 0 aromatic carbocycles. The van der Waals surface area contributed by atoms with Crippen molar-refractivity contribution in [3.63, 3.8) is 0 Å². The molecule has 0 spiro atoms. The van der Waals surface area contributed by atoms with Gasteiger partial charge in [0, 0.05) is 19.3 Å². The Balaban J connectivity index is 4.48. The lowest BCUT2D eigenvalue weighted by Crippen LogP contribution is -2.50. The highest BCUT2D eigenvalue weighted by molar-refractivity contribution is 5.72. The predicted octanol–water partition coefficient (Wildman–Crippen LogP) is 8.51. The summed E-state index contributed by atoms with van der Waals surface area (Å²) in [6.07, 6.45) is 31.6. The standard InChI is InChI=1S/C38H65NO7/c1-6-8-10-12-14-15-16-17-18-19-20-21-23-25-27-29-37(41)46-34(32-44-31-30-35(38(42)43)39(3,4)5)33-45-36(40)28-26-24-22-13-11-9-7-2/h8,10,12,14-18,34-35H,6-7,9,11,13,19-33H2,1-5H3/p+1/b10-8+,14-12+,16-15+,18-17+. The van der Waals surface area contributed by atoms with E-state index < -0.39 is 18.1 Å². The Kier molecular flexibility index (Phi) is 27.9. The van der Waals surface area contributed by atoms with Crippen LogP contribution >= 0.6 is 0 Å². The lowest BCUT2D eigenvalue weighted by molar-refractivity contribution is -0.887. The van der Waals surface area contributed by atoms with E-state index >= 15 is 0 Å². The number of aliphatic carboxylic acids is 1. The van der Waals surface area contributed by atoms with Crippen LogP contribution in [0.1, 0.15) is 123 Å². The Morgan fingerprint density at radius 2 is 1.22 bits per heavy atom. The molecule has 0 aromatic heterocycles. The van der Waals surface area contributed by atoms with Crippen molar-refractivity contribution >= 4 is 17.9 Å². The summed E-state index contributed by atoms with van der Waals surface area (Å²) >= 11 is 0. The first-order chi connectivity index (χ1) is 22.1. The summed E-state index contributed by atoms with van der Waals surface area (Å²) < 4.78 is 17.1. The van der Waals surface area contributed by atoms with E-state index in [1.54, 1.807) is 0 Å². The number of nitrogens with zero attached hydrogens (tertiary/aromatic N) is 1. The minimum absolute atomic E-state index is 0.0504. The van der Waals surface area contributed by atoms with Gasteiger partial charge >= 0.3 is 17.9 Å². The van der Waals surface area contributed by atoms with Crippen molar-refractivity contribution < 1.29 is 38.2 Å². The molecule has 0 amide bonds. The number of quaternary nitrogens is 1. The van der Waals surface area contributed by atoms with Crippen LogP contribution in [0.5, 0.6) is 0 Å². The van der Waals surface area contributed by atoms with Gasteiger partial charge in [0.1, 0.15) is 6.61 Å². The second-order valence-corrected chi connectivity index (χ2v) is 12.8. The molecule has 8 heteroatoms. The van der Waals surface area contributed by atoms with E-state index in [4.69, 9.17) is 14.2 Å². The maximum atomic E-state index is 12.6. The van der Waals surface area contributed by atoms with E-state index in [9.17, 15) is 19.5 Å². The van der Waals surface area contributed by atoms with Crippen molar-refractivity contribution in [3.05, 3.63) is 48.6 Å². The van der Waals surface area contributed by atoms with Gasteiger partial charge in [-0.1, -0.05) is 120 Å². The number of carboxylic acids is 1. The van der Waals surface area contributed by atoms with Gasteiger partial charge in [-0.3, -0.25) is 9.59 Å². The number of likely N-dealkylation sites (N-methyl/N-ethyl adjacent to an activating group) is 1. The average Bonchev–Trinajstić information content (AvgIpc) is 3.00. The van der Waals surface area contributed by atoms with Crippen LogP contribution in [-0.4, -0.2) is 80.6 Å². The van der Waals surface area contributed by atoms with Gasteiger partial charge in [-0.05, 0) is 32.1 Å². The second-order valence-electron chi connectivity index (χ2n) is 12.8. The number of hydrogen-bond donors (Lipinski definition) is 1. The molecule has 0 aliphatic carbocycles. The molecule has 0 radical (unpaired) electrons. The van der Waals surface area contributed by atoms with Crippen LogP contribution in [0.3, 0.4) is 0 Å². The normalized spacial score (nSPS) is 13.7. The highest BCUT2D eigenvalue weighted by atomic mass is 16.6. The molecule has 0 saturated carbocycles. The first-order valence-electron chi connectivity index (χ1n) is 17.7. The molecule has 2 atom stereocenters. The van der Waals surface area contributed by atoms with Gasteiger partial charge in [-0.15, -0.1) is 0 Å². The van der Waals surface area contributed by atoms with Crippen LogP contribution in [0.15, 0.2) is 48.6 Å². The lowest BCUT2D eigenvalue weighted by Gasteiger charge is -2.31. The average molecular weight is 649 g/mol. The third kappa shape index (κ3) is 27.6. The number of rotatable bonds is 30. The molecular formula is C38H66NO7+. The fourth-order valence-corrected chi connectivity index (χ4v) is 4.81. The molecule has 0 bridgehead atoms. The number of carbonyl (C=O) groups excluding carboxylic acids is 2. The van der Waals surface area contributed by atoms with Gasteiger partial charge in [-0.2, -0.15) is 0 Å². The Morgan fingerprint density at radius 3 is 1.80 bits per heavy atom. The molecule has 0 rings (SSSR count). The van der Waals surface area contributed by atoms with Crippen LogP contribution in [0.4, 0.5) is 0 Å². The largest absolute Gasteiger partial charge is 0.477 e. The number of ether oxygens (including phenoxy) is 3. The Hall–Kier alpha value is -2.71. The van der Waals surface area contributed by atoms with E-state index in [2.05, 4.69) is 32.1 Å². The number of hydrogen-bond acceptors (Lipinski definition) is 6. The second kappa shape index (κ2) is 29.7. The molecule has 0 heterocycles. The van der Waals surface area contributed by atoms with Gasteiger partial charge < -0.3 is 23.8 Å². The zero-order chi connectivity index (χ0) is 34.3. The molecule has 1 N–H and O–H groups in total. The third-order valence-electron chi connectivity index (χ3n) is 7.59. The Labute approximate surface area is 280 Å².